The molecule has 4 aromatic rings. The fraction of sp³-hybridized carbons (Fsp3) is 0. The number of hydrogen-bond acceptors (Lipinski definition) is 6. The summed E-state index contributed by atoms with van der Waals surface area (Å²) in [5, 5.41) is 7.68. The number of nitrogens with zero attached hydrogens (tertiary/aromatic N) is 6. The minimum Gasteiger partial charge on any atom is -0.310 e. The summed E-state index contributed by atoms with van der Waals surface area (Å²) in [6.45, 7) is 0. The van der Waals surface area contributed by atoms with Crippen molar-refractivity contribution in [1.82, 2.24) is 39.2 Å². The first kappa shape index (κ1) is 14.6. The quantitative estimate of drug-likeness (QED) is 0.415. The largest absolute Gasteiger partial charge is 0.310 e. The van der Waals surface area contributed by atoms with Gasteiger partial charge in [-0.3, -0.25) is 9.59 Å². The van der Waals surface area contributed by atoms with Crippen molar-refractivity contribution in [3.63, 3.8) is 0 Å². The average molecular weight is 430 g/mol. The third-order valence-electron chi connectivity index (χ3n) is 2.59. The predicted molar refractivity (Wildman–Crippen MR) is 82.6 cm³/mol. The minimum atomic E-state index is -0.227. The van der Waals surface area contributed by atoms with Gasteiger partial charge in [-0.05, 0) is 31.9 Å². The predicted octanol–water partition coefficient (Wildman–Crippen LogP) is 0.360. The number of hydrogen-bond donors (Lipinski definition) is 2. The molecule has 0 fully saturated rings. The second-order valence-corrected chi connectivity index (χ2v) is 5.35. The number of imidazole rings is 2. The zero-order chi connectivity index (χ0) is 15.7. The van der Waals surface area contributed by atoms with Gasteiger partial charge in [0, 0.05) is 0 Å². The maximum absolute atomic E-state index is 11.2. The van der Waals surface area contributed by atoms with E-state index in [0.29, 0.717) is 20.4 Å². The van der Waals surface area contributed by atoms with E-state index in [-0.39, 0.29) is 11.1 Å². The van der Waals surface area contributed by atoms with E-state index in [9.17, 15) is 9.59 Å². The number of aromatic nitrogens is 8. The van der Waals surface area contributed by atoms with Gasteiger partial charge >= 0.3 is 0 Å². The monoisotopic (exact) mass is 428 g/mol. The summed E-state index contributed by atoms with van der Waals surface area (Å²) in [5.74, 6) is 0. The highest BCUT2D eigenvalue weighted by atomic mass is 79.9. The lowest BCUT2D eigenvalue weighted by Gasteiger charge is -1.89. The van der Waals surface area contributed by atoms with E-state index in [2.05, 4.69) is 62.0 Å². The van der Waals surface area contributed by atoms with Crippen molar-refractivity contribution in [2.75, 3.05) is 0 Å². The molecule has 0 saturated carbocycles. The highest BCUT2D eigenvalue weighted by molar-refractivity contribution is 9.11. The molecule has 112 valence electrons. The molecule has 0 unspecified atom stereocenters. The smallest absolute Gasteiger partial charge is 0.277 e. The molecule has 0 amide bonds. The van der Waals surface area contributed by atoms with Gasteiger partial charge in [-0.2, -0.15) is 14.7 Å². The number of rotatable bonds is 0. The number of H-pyrrole nitrogens is 2. The van der Waals surface area contributed by atoms with Crippen LogP contribution in [0, 0.1) is 0 Å². The second-order valence-electron chi connectivity index (χ2n) is 3.89. The Morgan fingerprint density at radius 2 is 1.77 bits per heavy atom. The molecule has 0 spiro atoms. The summed E-state index contributed by atoms with van der Waals surface area (Å²) in [6, 6.07) is 0. The molecule has 0 atom stereocenters. The first-order valence-electron chi connectivity index (χ1n) is 5.71. The second kappa shape index (κ2) is 5.81. The van der Waals surface area contributed by atoms with Crippen molar-refractivity contribution in [3.8, 4) is 0 Å². The zero-order valence-electron chi connectivity index (χ0n) is 10.6. The minimum absolute atomic E-state index is 0.174. The van der Waals surface area contributed by atoms with E-state index < -0.39 is 0 Å². The van der Waals surface area contributed by atoms with Crippen molar-refractivity contribution in [2.45, 2.75) is 0 Å². The molecule has 4 heterocycles. The Hall–Kier alpha value is -2.34. The summed E-state index contributed by atoms with van der Waals surface area (Å²) in [6.07, 6.45) is 5.58. The Morgan fingerprint density at radius 3 is 2.50 bits per heavy atom. The molecule has 0 aliphatic carbocycles. The summed E-state index contributed by atoms with van der Waals surface area (Å²) >= 11 is 6.30. The molecule has 12 heteroatoms. The first-order chi connectivity index (χ1) is 10.6. The molecule has 0 bridgehead atoms. The Labute approximate surface area is 137 Å². The molecule has 0 radical (unpaired) electrons. The molecule has 4 aromatic heterocycles. The van der Waals surface area contributed by atoms with Crippen molar-refractivity contribution in [2.24, 2.45) is 0 Å². The van der Waals surface area contributed by atoms with Crippen LogP contribution in [0.25, 0.3) is 11.0 Å². The van der Waals surface area contributed by atoms with Crippen LogP contribution in [-0.2, 0) is 0 Å². The summed E-state index contributed by atoms with van der Waals surface area (Å²) < 4.78 is 3.79. The lowest BCUT2D eigenvalue weighted by molar-refractivity contribution is 0.858. The molecule has 10 nitrogen and oxygen atoms in total. The lowest BCUT2D eigenvalue weighted by atomic mass is 10.6. The first-order valence-corrected chi connectivity index (χ1v) is 7.30. The summed E-state index contributed by atoms with van der Waals surface area (Å²) in [5.41, 5.74) is 0.453. The van der Waals surface area contributed by atoms with Gasteiger partial charge in [0.05, 0.1) is 6.20 Å². The molecular weight excluding hydrogens is 424 g/mol. The Morgan fingerprint density at radius 1 is 1.05 bits per heavy atom. The highest BCUT2D eigenvalue weighted by Crippen LogP contribution is 2.17. The molecule has 22 heavy (non-hydrogen) atoms. The van der Waals surface area contributed by atoms with Crippen LogP contribution < -0.4 is 11.1 Å². The van der Waals surface area contributed by atoms with Crippen LogP contribution in [0.1, 0.15) is 0 Å². The van der Waals surface area contributed by atoms with Crippen LogP contribution in [0.5, 0.6) is 0 Å². The lowest BCUT2D eigenvalue weighted by Crippen LogP contribution is -2.10. The maximum atomic E-state index is 11.2. The molecule has 0 aliphatic heterocycles. The molecule has 0 saturated heterocycles. The summed E-state index contributed by atoms with van der Waals surface area (Å²) in [7, 11) is 0. The SMILES string of the molecule is O=c1[nH]cnn2c(Br)nc(Br)c12.O=c1[nH]cnn2cncc12. The normalized spacial score (nSPS) is 10.6. The fourth-order valence-corrected chi connectivity index (χ4v) is 2.84. The molecule has 2 N–H and O–H groups in total. The van der Waals surface area contributed by atoms with Crippen molar-refractivity contribution in [1.29, 1.82) is 0 Å². The van der Waals surface area contributed by atoms with Crippen LogP contribution >= 0.6 is 31.9 Å². The Balaban J connectivity index is 0.000000133. The van der Waals surface area contributed by atoms with Crippen molar-refractivity contribution in [3.05, 3.63) is 55.2 Å². The number of aromatic amines is 2. The third kappa shape index (κ3) is 2.57. The highest BCUT2D eigenvalue weighted by Gasteiger charge is 2.09. The van der Waals surface area contributed by atoms with Gasteiger partial charge in [0.15, 0.2) is 10.3 Å². The topological polar surface area (TPSA) is 126 Å². The van der Waals surface area contributed by atoms with Crippen LogP contribution in [0.4, 0.5) is 0 Å². The van der Waals surface area contributed by atoms with Crippen LogP contribution in [0.3, 0.4) is 0 Å². The van der Waals surface area contributed by atoms with E-state index in [1.54, 1.807) is 0 Å². The van der Waals surface area contributed by atoms with Crippen LogP contribution in [0.2, 0.25) is 0 Å². The number of fused-ring (bicyclic) bond motifs is 2. The molecule has 0 aromatic carbocycles. The van der Waals surface area contributed by atoms with Crippen LogP contribution in [-0.4, -0.2) is 39.2 Å². The summed E-state index contributed by atoms with van der Waals surface area (Å²) in [4.78, 5) is 34.7. The molecular formula is C10H6Br2N8O2. The van der Waals surface area contributed by atoms with Crippen LogP contribution in [0.15, 0.2) is 44.1 Å². The standard InChI is InChI=1S/C5H2Br2N4O.C5H4N4O/c6-3-2-4(12)8-1-9-11(2)5(7)10-3;10-5-4-1-6-3-9(4)8-2-7-5/h1H,(H,8,9,12);1-3H,(H,7,8,10). The molecule has 0 aliphatic rings. The van der Waals surface area contributed by atoms with Gasteiger partial charge in [-0.25, -0.2) is 14.5 Å². The van der Waals surface area contributed by atoms with Gasteiger partial charge in [0.2, 0.25) is 0 Å². The van der Waals surface area contributed by atoms with Gasteiger partial charge in [0.25, 0.3) is 11.1 Å². The number of nitrogens with one attached hydrogen (secondary N) is 2. The van der Waals surface area contributed by atoms with E-state index in [1.807, 2.05) is 0 Å². The van der Waals surface area contributed by atoms with Crippen molar-refractivity contribution < 1.29 is 0 Å². The third-order valence-corrected chi connectivity index (χ3v) is 3.65. The van der Waals surface area contributed by atoms with E-state index >= 15 is 0 Å². The van der Waals surface area contributed by atoms with Crippen molar-refractivity contribution >= 4 is 42.9 Å². The maximum Gasteiger partial charge on any atom is 0.277 e. The van der Waals surface area contributed by atoms with E-state index in [1.165, 1.54) is 34.2 Å². The van der Waals surface area contributed by atoms with Gasteiger partial charge in [-0.15, -0.1) is 0 Å². The zero-order valence-corrected chi connectivity index (χ0v) is 13.7. The number of halogens is 2. The van der Waals surface area contributed by atoms with E-state index in [4.69, 9.17) is 0 Å². The van der Waals surface area contributed by atoms with Gasteiger partial charge < -0.3 is 9.97 Å². The van der Waals surface area contributed by atoms with E-state index in [0.717, 1.165) is 0 Å². The Kier molecular flexibility index (Phi) is 3.85. The average Bonchev–Trinajstić information content (AvgIpc) is 3.07. The Bertz CT molecular complexity index is 1060. The molecule has 4 rings (SSSR count). The van der Waals surface area contributed by atoms with Gasteiger partial charge in [0.1, 0.15) is 29.1 Å². The van der Waals surface area contributed by atoms with Gasteiger partial charge in [-0.1, -0.05) is 0 Å². The fourth-order valence-electron chi connectivity index (χ4n) is 1.64.